The third-order valence-corrected chi connectivity index (χ3v) is 6.27. The SMILES string of the molecule is O=C1N(C2CCOCC2)CC[C@@]12CCCN(C1NC=[C]C=C1Cl)C2. The van der Waals surface area contributed by atoms with Crippen LogP contribution in [0.5, 0.6) is 0 Å². The standard InChI is InChI=1S/C18H25ClN3O2/c19-15-3-1-8-20-16(15)21-9-2-6-18(13-21)7-10-22(17(18)23)14-4-11-24-12-5-14/h3,8,14,16,20H,2,4-7,9-13H2/t16?,18-/m1/s1. The Bertz CT molecular complexity index is 558. The minimum absolute atomic E-state index is 0.0185. The molecule has 1 radical (unpaired) electrons. The molecule has 0 aromatic rings. The number of hydrogen-bond acceptors (Lipinski definition) is 4. The molecule has 3 saturated heterocycles. The van der Waals surface area contributed by atoms with Crippen LogP contribution in [0.2, 0.25) is 0 Å². The van der Waals surface area contributed by atoms with E-state index in [0.29, 0.717) is 11.9 Å². The second-order valence-corrected chi connectivity index (χ2v) is 7.79. The first-order valence-corrected chi connectivity index (χ1v) is 9.40. The van der Waals surface area contributed by atoms with Gasteiger partial charge in [-0.25, -0.2) is 0 Å². The molecule has 4 rings (SSSR count). The smallest absolute Gasteiger partial charge is 0.230 e. The van der Waals surface area contributed by atoms with E-state index < -0.39 is 0 Å². The fraction of sp³-hybridized carbons (Fsp3) is 0.722. The van der Waals surface area contributed by atoms with Crippen molar-refractivity contribution in [3.05, 3.63) is 23.4 Å². The fourth-order valence-corrected chi connectivity index (χ4v) is 4.91. The molecule has 24 heavy (non-hydrogen) atoms. The van der Waals surface area contributed by atoms with Crippen molar-refractivity contribution in [3.63, 3.8) is 0 Å². The number of halogens is 1. The summed E-state index contributed by atoms with van der Waals surface area (Å²) in [6, 6.07) is 0.370. The Balaban J connectivity index is 1.47. The highest BCUT2D eigenvalue weighted by Crippen LogP contribution is 2.42. The van der Waals surface area contributed by atoms with Crippen molar-refractivity contribution in [1.82, 2.24) is 15.1 Å². The lowest BCUT2D eigenvalue weighted by Crippen LogP contribution is -2.55. The minimum Gasteiger partial charge on any atom is -0.381 e. The van der Waals surface area contributed by atoms with Gasteiger partial charge in [0.1, 0.15) is 6.17 Å². The number of likely N-dealkylation sites (tertiary alicyclic amines) is 2. The maximum atomic E-state index is 13.3. The molecule has 1 unspecified atom stereocenters. The van der Waals surface area contributed by atoms with E-state index in [-0.39, 0.29) is 11.6 Å². The molecule has 4 aliphatic heterocycles. The van der Waals surface area contributed by atoms with Gasteiger partial charge in [0.2, 0.25) is 5.91 Å². The Morgan fingerprint density at radius 1 is 1.29 bits per heavy atom. The van der Waals surface area contributed by atoms with Crippen LogP contribution in [0.25, 0.3) is 0 Å². The normalized spacial score (nSPS) is 35.4. The molecule has 1 amide bonds. The first kappa shape index (κ1) is 16.4. The van der Waals surface area contributed by atoms with Gasteiger partial charge in [-0.15, -0.1) is 0 Å². The Hall–Kier alpha value is -1.04. The quantitative estimate of drug-likeness (QED) is 0.825. The van der Waals surface area contributed by atoms with Gasteiger partial charge in [0, 0.05) is 51.2 Å². The van der Waals surface area contributed by atoms with Gasteiger partial charge in [0.05, 0.1) is 10.4 Å². The number of dihydropyridines is 1. The van der Waals surface area contributed by atoms with Crippen LogP contribution < -0.4 is 5.32 Å². The van der Waals surface area contributed by atoms with Gasteiger partial charge in [-0.1, -0.05) is 11.6 Å². The predicted molar refractivity (Wildman–Crippen MR) is 92.1 cm³/mol. The summed E-state index contributed by atoms with van der Waals surface area (Å²) in [5.41, 5.74) is -0.222. The summed E-state index contributed by atoms with van der Waals surface area (Å²) in [6.07, 6.45) is 11.5. The first-order chi connectivity index (χ1) is 11.7. The monoisotopic (exact) mass is 350 g/mol. The van der Waals surface area contributed by atoms with Gasteiger partial charge in [0.25, 0.3) is 0 Å². The topological polar surface area (TPSA) is 44.8 Å². The van der Waals surface area contributed by atoms with Gasteiger partial charge < -0.3 is 15.0 Å². The molecule has 6 heteroatoms. The van der Waals surface area contributed by atoms with Crippen LogP contribution in [-0.4, -0.2) is 60.8 Å². The molecule has 0 aromatic carbocycles. The average molecular weight is 351 g/mol. The number of allylic oxidation sites excluding steroid dienone is 2. The summed E-state index contributed by atoms with van der Waals surface area (Å²) in [7, 11) is 0. The van der Waals surface area contributed by atoms with Crippen LogP contribution in [-0.2, 0) is 9.53 Å². The van der Waals surface area contributed by atoms with Gasteiger partial charge in [-0.2, -0.15) is 0 Å². The lowest BCUT2D eigenvalue weighted by Gasteiger charge is -2.43. The molecule has 0 aliphatic carbocycles. The van der Waals surface area contributed by atoms with Crippen molar-refractivity contribution < 1.29 is 9.53 Å². The third-order valence-electron chi connectivity index (χ3n) is 5.96. The van der Waals surface area contributed by atoms with Crippen molar-refractivity contribution >= 4 is 17.5 Å². The second kappa shape index (κ2) is 6.70. The number of nitrogens with one attached hydrogen (secondary N) is 1. The van der Waals surface area contributed by atoms with Gasteiger partial charge in [0.15, 0.2) is 0 Å². The summed E-state index contributed by atoms with van der Waals surface area (Å²) in [4.78, 5) is 17.7. The highest BCUT2D eigenvalue weighted by molar-refractivity contribution is 6.30. The zero-order valence-electron chi connectivity index (χ0n) is 14.0. The maximum Gasteiger partial charge on any atom is 0.230 e. The number of hydrogen-bond donors (Lipinski definition) is 1. The van der Waals surface area contributed by atoms with E-state index in [0.717, 1.165) is 70.0 Å². The molecule has 2 atom stereocenters. The largest absolute Gasteiger partial charge is 0.381 e. The summed E-state index contributed by atoms with van der Waals surface area (Å²) >= 11 is 6.36. The molecule has 3 fully saturated rings. The summed E-state index contributed by atoms with van der Waals surface area (Å²) in [6.45, 7) is 4.22. The molecule has 5 nitrogen and oxygen atoms in total. The molecular weight excluding hydrogens is 326 g/mol. The van der Waals surface area contributed by atoms with E-state index in [4.69, 9.17) is 16.3 Å². The summed E-state index contributed by atoms with van der Waals surface area (Å²) < 4.78 is 5.45. The number of nitrogens with zero attached hydrogens (tertiary/aromatic N) is 2. The van der Waals surface area contributed by atoms with Crippen molar-refractivity contribution in [2.45, 2.75) is 44.3 Å². The highest BCUT2D eigenvalue weighted by atomic mass is 35.5. The Morgan fingerprint density at radius 2 is 2.12 bits per heavy atom. The Labute approximate surface area is 148 Å². The van der Waals surface area contributed by atoms with Crippen LogP contribution >= 0.6 is 11.6 Å². The van der Waals surface area contributed by atoms with E-state index >= 15 is 0 Å². The number of carbonyl (C=O) groups is 1. The Morgan fingerprint density at radius 3 is 2.92 bits per heavy atom. The number of ether oxygens (including phenoxy) is 1. The molecule has 4 heterocycles. The maximum absolute atomic E-state index is 13.3. The molecule has 0 aromatic heterocycles. The average Bonchev–Trinajstić information content (AvgIpc) is 2.92. The van der Waals surface area contributed by atoms with Gasteiger partial charge >= 0.3 is 0 Å². The molecule has 0 saturated carbocycles. The number of carbonyl (C=O) groups excluding carboxylic acids is 1. The van der Waals surface area contributed by atoms with Crippen molar-refractivity contribution in [1.29, 1.82) is 0 Å². The van der Waals surface area contributed by atoms with E-state index in [1.54, 1.807) is 0 Å². The van der Waals surface area contributed by atoms with Gasteiger partial charge in [-0.3, -0.25) is 9.69 Å². The molecule has 4 aliphatic rings. The van der Waals surface area contributed by atoms with E-state index in [2.05, 4.69) is 21.2 Å². The third kappa shape index (κ3) is 2.87. The fourth-order valence-electron chi connectivity index (χ4n) is 4.65. The number of amides is 1. The zero-order chi connectivity index (χ0) is 16.6. The molecule has 0 bridgehead atoms. The van der Waals surface area contributed by atoms with Crippen molar-refractivity contribution in [2.24, 2.45) is 5.41 Å². The van der Waals surface area contributed by atoms with E-state index in [9.17, 15) is 4.79 Å². The Kier molecular flexibility index (Phi) is 4.58. The number of piperidine rings is 1. The van der Waals surface area contributed by atoms with Crippen molar-refractivity contribution in [2.75, 3.05) is 32.8 Å². The van der Waals surface area contributed by atoms with Crippen molar-refractivity contribution in [3.8, 4) is 0 Å². The highest BCUT2D eigenvalue weighted by Gasteiger charge is 2.51. The minimum atomic E-state index is -0.222. The molecule has 1 N–H and O–H groups in total. The molecule has 1 spiro atoms. The summed E-state index contributed by atoms with van der Waals surface area (Å²) in [5.74, 6) is 0.358. The van der Waals surface area contributed by atoms with Crippen LogP contribution in [0.1, 0.15) is 32.1 Å². The lowest BCUT2D eigenvalue weighted by atomic mass is 9.78. The van der Waals surface area contributed by atoms with Crippen LogP contribution in [0.4, 0.5) is 0 Å². The van der Waals surface area contributed by atoms with Crippen LogP contribution in [0, 0.1) is 11.5 Å². The molecular formula is C18H25ClN3O2. The zero-order valence-corrected chi connectivity index (χ0v) is 14.7. The van der Waals surface area contributed by atoms with Crippen LogP contribution in [0.3, 0.4) is 0 Å². The van der Waals surface area contributed by atoms with E-state index in [1.807, 2.05) is 12.3 Å². The lowest BCUT2D eigenvalue weighted by molar-refractivity contribution is -0.142. The second-order valence-electron chi connectivity index (χ2n) is 7.36. The number of rotatable bonds is 2. The van der Waals surface area contributed by atoms with Gasteiger partial charge in [-0.05, 0) is 38.2 Å². The van der Waals surface area contributed by atoms with Crippen LogP contribution in [0.15, 0.2) is 17.3 Å². The molecule has 131 valence electrons. The van der Waals surface area contributed by atoms with E-state index in [1.165, 1.54) is 0 Å². The first-order valence-electron chi connectivity index (χ1n) is 9.02. The predicted octanol–water partition coefficient (Wildman–Crippen LogP) is 1.85. The summed E-state index contributed by atoms with van der Waals surface area (Å²) in [5, 5.41) is 4.03.